The maximum atomic E-state index is 12.3. The fourth-order valence-corrected chi connectivity index (χ4v) is 1.86. The van der Waals surface area contributed by atoms with E-state index < -0.39 is 5.78 Å². The van der Waals surface area contributed by atoms with Gasteiger partial charge in [-0.3, -0.25) is 10.2 Å². The highest BCUT2D eigenvalue weighted by atomic mass is 35.5. The maximum Gasteiger partial charge on any atom is 0.245 e. The molecule has 0 bridgehead atoms. The highest BCUT2D eigenvalue weighted by molar-refractivity contribution is 6.51. The van der Waals surface area contributed by atoms with Crippen molar-refractivity contribution in [1.82, 2.24) is 5.16 Å². The largest absolute Gasteiger partial charge is 0.506 e. The molecule has 124 valence electrons. The molecule has 0 aliphatic rings. The maximum absolute atomic E-state index is 12.3. The van der Waals surface area contributed by atoms with Gasteiger partial charge in [0.15, 0.2) is 5.69 Å². The molecule has 0 saturated carbocycles. The summed E-state index contributed by atoms with van der Waals surface area (Å²) in [6.07, 6.45) is 0. The Bertz CT molecular complexity index is 844. The van der Waals surface area contributed by atoms with E-state index in [9.17, 15) is 9.90 Å². The van der Waals surface area contributed by atoms with Gasteiger partial charge >= 0.3 is 0 Å². The van der Waals surface area contributed by atoms with E-state index in [-0.39, 0.29) is 27.6 Å². The van der Waals surface area contributed by atoms with Crippen molar-refractivity contribution in [2.24, 2.45) is 5.10 Å². The minimum absolute atomic E-state index is 0.00534. The van der Waals surface area contributed by atoms with Crippen molar-refractivity contribution in [3.63, 3.8) is 0 Å². The molecule has 0 radical (unpaired) electrons. The van der Waals surface area contributed by atoms with Crippen molar-refractivity contribution in [1.29, 1.82) is 5.26 Å². The number of nitrogens with one attached hydrogen (secondary N) is 1. The quantitative estimate of drug-likeness (QED) is 0.379. The zero-order chi connectivity index (χ0) is 17.9. The topological polar surface area (TPSA) is 112 Å². The summed E-state index contributed by atoms with van der Waals surface area (Å²) in [6.45, 7) is 5.74. The summed E-state index contributed by atoms with van der Waals surface area (Å²) in [5, 5.41) is 26.1. The van der Waals surface area contributed by atoms with Gasteiger partial charge in [-0.25, -0.2) is 0 Å². The Morgan fingerprint density at radius 3 is 2.67 bits per heavy atom. The summed E-state index contributed by atoms with van der Waals surface area (Å²) in [5.41, 5.74) is 2.27. The Morgan fingerprint density at radius 1 is 1.42 bits per heavy atom. The van der Waals surface area contributed by atoms with Crippen LogP contribution in [0.15, 0.2) is 33.9 Å². The number of benzene rings is 1. The van der Waals surface area contributed by atoms with E-state index in [0.29, 0.717) is 11.4 Å². The number of phenols is 1. The van der Waals surface area contributed by atoms with Gasteiger partial charge in [-0.1, -0.05) is 37.5 Å². The van der Waals surface area contributed by atoms with Gasteiger partial charge in [0.25, 0.3) is 0 Å². The molecule has 2 aromatic rings. The minimum atomic E-state index is -0.658. The molecular weight excluding hydrogens is 332 g/mol. The first-order valence-corrected chi connectivity index (χ1v) is 7.34. The number of anilines is 1. The van der Waals surface area contributed by atoms with Gasteiger partial charge in [0.1, 0.15) is 17.6 Å². The molecule has 2 N–H and O–H groups in total. The van der Waals surface area contributed by atoms with Crippen LogP contribution in [-0.4, -0.2) is 21.8 Å². The molecule has 0 unspecified atom stereocenters. The molecule has 1 heterocycles. The van der Waals surface area contributed by atoms with E-state index in [2.05, 4.69) is 15.7 Å². The van der Waals surface area contributed by atoms with Crippen molar-refractivity contribution in [2.45, 2.75) is 26.2 Å². The van der Waals surface area contributed by atoms with Gasteiger partial charge in [0.05, 0.1) is 10.7 Å². The van der Waals surface area contributed by atoms with Crippen molar-refractivity contribution >= 4 is 28.8 Å². The van der Waals surface area contributed by atoms with Gasteiger partial charge in [0.2, 0.25) is 11.5 Å². The molecule has 2 rings (SSSR count). The number of rotatable bonds is 4. The van der Waals surface area contributed by atoms with Crippen molar-refractivity contribution in [3.05, 3.63) is 40.7 Å². The lowest BCUT2D eigenvalue weighted by atomic mass is 9.93. The number of carbonyl (C=O) groups is 1. The van der Waals surface area contributed by atoms with Crippen LogP contribution in [-0.2, 0) is 5.41 Å². The number of halogens is 1. The van der Waals surface area contributed by atoms with Crippen LogP contribution < -0.4 is 5.43 Å². The summed E-state index contributed by atoms with van der Waals surface area (Å²) in [7, 11) is 0. The number of carbonyl (C=O) groups excluding carboxylic acids is 1. The van der Waals surface area contributed by atoms with Crippen molar-refractivity contribution < 1.29 is 14.4 Å². The lowest BCUT2D eigenvalue weighted by Gasteiger charge is -2.11. The average molecular weight is 347 g/mol. The molecule has 24 heavy (non-hydrogen) atoms. The lowest BCUT2D eigenvalue weighted by Crippen LogP contribution is -2.15. The molecule has 1 aromatic carbocycles. The minimum Gasteiger partial charge on any atom is -0.506 e. The van der Waals surface area contributed by atoms with E-state index >= 15 is 0 Å². The Morgan fingerprint density at radius 2 is 2.12 bits per heavy atom. The molecule has 0 fully saturated rings. The number of hydrazone groups is 1. The van der Waals surface area contributed by atoms with Gasteiger partial charge in [-0.2, -0.15) is 10.4 Å². The normalized spacial score (nSPS) is 11.9. The summed E-state index contributed by atoms with van der Waals surface area (Å²) in [6, 6.07) is 7.48. The van der Waals surface area contributed by atoms with Gasteiger partial charge in [0, 0.05) is 11.5 Å². The number of aromatic nitrogens is 1. The van der Waals surface area contributed by atoms with Crippen LogP contribution in [0.1, 0.15) is 37.0 Å². The Balaban J connectivity index is 2.21. The third-order valence-electron chi connectivity index (χ3n) is 3.05. The van der Waals surface area contributed by atoms with Crippen LogP contribution in [0, 0.1) is 11.3 Å². The number of nitrogens with zero attached hydrogens (tertiary/aromatic N) is 3. The number of ketones is 1. The predicted molar refractivity (Wildman–Crippen MR) is 89.3 cm³/mol. The summed E-state index contributed by atoms with van der Waals surface area (Å²) < 4.78 is 5.14. The number of hydrogen-bond acceptors (Lipinski definition) is 7. The second kappa shape index (κ2) is 6.72. The molecule has 0 spiro atoms. The third-order valence-corrected chi connectivity index (χ3v) is 3.35. The van der Waals surface area contributed by atoms with E-state index in [4.69, 9.17) is 21.4 Å². The summed E-state index contributed by atoms with van der Waals surface area (Å²) >= 11 is 5.77. The number of aromatic hydroxyl groups is 1. The van der Waals surface area contributed by atoms with Crippen molar-refractivity contribution in [3.8, 4) is 11.8 Å². The average Bonchev–Trinajstić information content (AvgIpc) is 3.01. The summed E-state index contributed by atoms with van der Waals surface area (Å²) in [5.74, 6) is -0.212. The Kier molecular flexibility index (Phi) is 4.90. The van der Waals surface area contributed by atoms with Gasteiger partial charge in [-0.15, -0.1) is 0 Å². The highest BCUT2D eigenvalue weighted by Crippen LogP contribution is 2.26. The smallest absolute Gasteiger partial charge is 0.245 e. The standard InChI is InChI=1S/C16H15ClN4O3/c1-16(2,3)14-7-11(21-24-14)15(23)12(8-18)20-19-9-4-5-13(22)10(17)6-9/h4-7,19,22H,1-3H3. The molecule has 0 saturated heterocycles. The number of Topliss-reactive ketones (excluding diaryl/α,β-unsaturated/α-hetero) is 1. The molecule has 0 aliphatic heterocycles. The first-order chi connectivity index (χ1) is 11.2. The fourth-order valence-electron chi connectivity index (χ4n) is 1.68. The van der Waals surface area contributed by atoms with Crippen LogP contribution in [0.25, 0.3) is 0 Å². The molecule has 0 amide bonds. The molecule has 0 aliphatic carbocycles. The molecule has 7 nitrogen and oxygen atoms in total. The Labute approximate surface area is 143 Å². The van der Waals surface area contributed by atoms with E-state index in [1.165, 1.54) is 24.3 Å². The van der Waals surface area contributed by atoms with E-state index in [1.807, 2.05) is 20.8 Å². The molecule has 0 atom stereocenters. The second-order valence-electron chi connectivity index (χ2n) is 6.01. The van der Waals surface area contributed by atoms with Crippen LogP contribution in [0.4, 0.5) is 5.69 Å². The van der Waals surface area contributed by atoms with Crippen LogP contribution in [0.3, 0.4) is 0 Å². The monoisotopic (exact) mass is 346 g/mol. The molecule has 1 aromatic heterocycles. The van der Waals surface area contributed by atoms with Crippen LogP contribution in [0.2, 0.25) is 5.02 Å². The number of hydrogen-bond donors (Lipinski definition) is 2. The van der Waals surface area contributed by atoms with E-state index in [0.717, 1.165) is 0 Å². The van der Waals surface area contributed by atoms with Crippen LogP contribution in [0.5, 0.6) is 5.75 Å². The first kappa shape index (κ1) is 17.5. The zero-order valence-electron chi connectivity index (χ0n) is 13.3. The molecular formula is C16H15ClN4O3. The SMILES string of the molecule is CC(C)(C)c1cc(C(=O)C(C#N)=NNc2ccc(O)c(Cl)c2)no1. The lowest BCUT2D eigenvalue weighted by molar-refractivity contribution is 0.105. The summed E-state index contributed by atoms with van der Waals surface area (Å²) in [4.78, 5) is 12.3. The third kappa shape index (κ3) is 3.91. The number of phenolic OH excluding ortho intramolecular Hbond substituents is 1. The van der Waals surface area contributed by atoms with Gasteiger partial charge in [-0.05, 0) is 18.2 Å². The second-order valence-corrected chi connectivity index (χ2v) is 6.41. The predicted octanol–water partition coefficient (Wildman–Crippen LogP) is 3.51. The highest BCUT2D eigenvalue weighted by Gasteiger charge is 2.24. The van der Waals surface area contributed by atoms with Gasteiger partial charge < -0.3 is 9.63 Å². The Hall–Kier alpha value is -2.85. The van der Waals surface area contributed by atoms with Crippen LogP contribution >= 0.6 is 11.6 Å². The fraction of sp³-hybridized carbons (Fsp3) is 0.250. The molecule has 8 heteroatoms. The first-order valence-electron chi connectivity index (χ1n) is 6.96. The zero-order valence-corrected chi connectivity index (χ0v) is 14.0. The number of nitriles is 1. The van der Waals surface area contributed by atoms with E-state index in [1.54, 1.807) is 6.07 Å². The van der Waals surface area contributed by atoms with Crippen molar-refractivity contribution in [2.75, 3.05) is 5.43 Å².